The summed E-state index contributed by atoms with van der Waals surface area (Å²) in [5.74, 6) is -3.15. The standard InChI is InChI=1S/C25H15ClF3NO2/c26-24-17-10-3-1-8-15(17)19(16-9-2-4-11-18(16)24)20-21(24)23(32)30(22(20)31)14-7-5-6-13(12-14)25(27,28)29/h1-12,19-21H/t19?,20-,21+,24?/m0/s1. The van der Waals surface area contributed by atoms with Gasteiger partial charge in [0.2, 0.25) is 11.8 Å². The van der Waals surface area contributed by atoms with E-state index in [1.807, 2.05) is 48.5 Å². The van der Waals surface area contributed by atoms with Crippen molar-refractivity contribution in [2.45, 2.75) is 17.0 Å². The van der Waals surface area contributed by atoms with Crippen LogP contribution in [0.25, 0.3) is 0 Å². The molecule has 2 bridgehead atoms. The number of alkyl halides is 4. The first-order chi connectivity index (χ1) is 15.2. The van der Waals surface area contributed by atoms with E-state index in [2.05, 4.69) is 0 Å². The Kier molecular flexibility index (Phi) is 3.81. The third-order valence-corrected chi connectivity index (χ3v) is 7.59. The van der Waals surface area contributed by atoms with Crippen molar-refractivity contribution >= 4 is 29.1 Å². The molecule has 0 spiro atoms. The van der Waals surface area contributed by atoms with E-state index in [1.165, 1.54) is 12.1 Å². The lowest BCUT2D eigenvalue weighted by atomic mass is 9.54. The Balaban J connectivity index is 1.56. The lowest BCUT2D eigenvalue weighted by molar-refractivity contribution is -0.137. The van der Waals surface area contributed by atoms with Crippen LogP contribution in [0.15, 0.2) is 72.8 Å². The second-order valence-corrected chi connectivity index (χ2v) is 9.02. The Bertz CT molecular complexity index is 1270. The third kappa shape index (κ3) is 2.28. The highest BCUT2D eigenvalue weighted by atomic mass is 35.5. The van der Waals surface area contributed by atoms with Crippen LogP contribution in [-0.2, 0) is 20.6 Å². The molecule has 0 unspecified atom stereocenters. The minimum absolute atomic E-state index is 0.0861. The van der Waals surface area contributed by atoms with Gasteiger partial charge in [-0.25, -0.2) is 4.90 Å². The first-order valence-electron chi connectivity index (χ1n) is 10.2. The summed E-state index contributed by atoms with van der Waals surface area (Å²) in [5, 5.41) is 0. The molecular weight excluding hydrogens is 439 g/mol. The zero-order chi connectivity index (χ0) is 22.4. The molecule has 3 nitrogen and oxygen atoms in total. The zero-order valence-corrected chi connectivity index (χ0v) is 17.2. The quantitative estimate of drug-likeness (QED) is 0.363. The summed E-state index contributed by atoms with van der Waals surface area (Å²) in [6, 6.07) is 19.3. The van der Waals surface area contributed by atoms with Gasteiger partial charge in [0.25, 0.3) is 0 Å². The van der Waals surface area contributed by atoms with E-state index in [1.54, 1.807) is 0 Å². The number of hydrogen-bond donors (Lipinski definition) is 0. The number of halogens is 4. The van der Waals surface area contributed by atoms with E-state index in [-0.39, 0.29) is 11.6 Å². The lowest BCUT2D eigenvalue weighted by Crippen LogP contribution is -2.50. The molecule has 7 rings (SSSR count). The molecule has 3 aliphatic carbocycles. The van der Waals surface area contributed by atoms with Crippen LogP contribution in [0.2, 0.25) is 0 Å². The van der Waals surface area contributed by atoms with Gasteiger partial charge < -0.3 is 0 Å². The van der Waals surface area contributed by atoms with Crippen LogP contribution in [0.4, 0.5) is 18.9 Å². The first kappa shape index (κ1) is 19.6. The number of imide groups is 1. The number of benzene rings is 3. The number of rotatable bonds is 1. The van der Waals surface area contributed by atoms with Crippen LogP contribution in [-0.4, -0.2) is 11.8 Å². The van der Waals surface area contributed by atoms with Gasteiger partial charge in [-0.15, -0.1) is 11.6 Å². The second kappa shape index (κ2) is 6.23. The molecule has 1 saturated heterocycles. The van der Waals surface area contributed by atoms with Crippen molar-refractivity contribution in [1.82, 2.24) is 0 Å². The first-order valence-corrected chi connectivity index (χ1v) is 10.5. The van der Waals surface area contributed by atoms with Crippen LogP contribution in [0, 0.1) is 11.8 Å². The van der Waals surface area contributed by atoms with E-state index < -0.39 is 40.3 Å². The van der Waals surface area contributed by atoms with Crippen LogP contribution in [0.1, 0.15) is 33.7 Å². The highest BCUT2D eigenvalue weighted by Crippen LogP contribution is 2.65. The Hall–Kier alpha value is -3.12. The predicted octanol–water partition coefficient (Wildman–Crippen LogP) is 5.45. The highest BCUT2D eigenvalue weighted by Gasteiger charge is 2.68. The lowest BCUT2D eigenvalue weighted by Gasteiger charge is -2.50. The average Bonchev–Trinajstić information content (AvgIpc) is 3.05. The fourth-order valence-corrected chi connectivity index (χ4v) is 6.33. The SMILES string of the molecule is O=C1[C@H]2C3c4ccccc4C(Cl)(c4ccccc43)[C@H]2C(=O)N1c1cccc(C(F)(F)F)c1. The van der Waals surface area contributed by atoms with Crippen molar-refractivity contribution in [2.75, 3.05) is 4.90 Å². The van der Waals surface area contributed by atoms with Crippen LogP contribution < -0.4 is 4.90 Å². The van der Waals surface area contributed by atoms with Gasteiger partial charge >= 0.3 is 6.18 Å². The van der Waals surface area contributed by atoms with E-state index >= 15 is 0 Å². The number of nitrogens with zero attached hydrogens (tertiary/aromatic N) is 1. The molecule has 3 aromatic rings. The topological polar surface area (TPSA) is 37.4 Å². The third-order valence-electron chi connectivity index (χ3n) is 6.95. The van der Waals surface area contributed by atoms with Gasteiger partial charge in [-0.1, -0.05) is 54.6 Å². The van der Waals surface area contributed by atoms with E-state index in [0.29, 0.717) is 0 Å². The average molecular weight is 454 g/mol. The molecule has 2 atom stereocenters. The van der Waals surface area contributed by atoms with Crippen molar-refractivity contribution < 1.29 is 22.8 Å². The summed E-state index contributed by atoms with van der Waals surface area (Å²) in [7, 11) is 0. The van der Waals surface area contributed by atoms with E-state index in [4.69, 9.17) is 11.6 Å². The maximum Gasteiger partial charge on any atom is 0.416 e. The van der Waals surface area contributed by atoms with Crippen molar-refractivity contribution in [3.63, 3.8) is 0 Å². The van der Waals surface area contributed by atoms with Crippen LogP contribution in [0.3, 0.4) is 0 Å². The van der Waals surface area contributed by atoms with Crippen molar-refractivity contribution in [3.05, 3.63) is 101 Å². The summed E-state index contributed by atoms with van der Waals surface area (Å²) < 4.78 is 39.9. The molecule has 160 valence electrons. The monoisotopic (exact) mass is 453 g/mol. The summed E-state index contributed by atoms with van der Waals surface area (Å²) in [6.45, 7) is 0. The van der Waals surface area contributed by atoms with Gasteiger partial charge in [0.1, 0.15) is 4.87 Å². The smallest absolute Gasteiger partial charge is 0.274 e. The summed E-state index contributed by atoms with van der Waals surface area (Å²) in [6.07, 6.45) is -4.59. The molecule has 3 aromatic carbocycles. The molecule has 0 radical (unpaired) electrons. The molecule has 1 aliphatic heterocycles. The molecule has 0 N–H and O–H groups in total. The fourth-order valence-electron chi connectivity index (χ4n) is 5.75. The number of carbonyl (C=O) groups is 2. The van der Waals surface area contributed by atoms with Gasteiger partial charge in [-0.3, -0.25) is 9.59 Å². The van der Waals surface area contributed by atoms with Gasteiger partial charge in [0.15, 0.2) is 0 Å². The number of amides is 2. The van der Waals surface area contributed by atoms with Crippen molar-refractivity contribution in [2.24, 2.45) is 11.8 Å². The Labute approximate surface area is 186 Å². The molecule has 4 aliphatic rings. The number of carbonyl (C=O) groups excluding carboxylic acids is 2. The predicted molar refractivity (Wildman–Crippen MR) is 112 cm³/mol. The highest BCUT2D eigenvalue weighted by molar-refractivity contribution is 6.33. The molecule has 1 fully saturated rings. The van der Waals surface area contributed by atoms with E-state index in [9.17, 15) is 22.8 Å². The van der Waals surface area contributed by atoms with Gasteiger partial charge in [0, 0.05) is 5.92 Å². The maximum absolute atomic E-state index is 13.7. The summed E-state index contributed by atoms with van der Waals surface area (Å²) in [5.41, 5.74) is 2.32. The maximum atomic E-state index is 13.7. The van der Waals surface area contributed by atoms with Gasteiger partial charge in [-0.2, -0.15) is 13.2 Å². The Morgan fingerprint density at radius 3 is 2.00 bits per heavy atom. The molecular formula is C25H15ClF3NO2. The molecule has 0 saturated carbocycles. The molecule has 1 heterocycles. The van der Waals surface area contributed by atoms with Crippen LogP contribution in [0.5, 0.6) is 0 Å². The second-order valence-electron chi connectivity index (χ2n) is 8.43. The summed E-state index contributed by atoms with van der Waals surface area (Å²) >= 11 is 7.30. The van der Waals surface area contributed by atoms with E-state index in [0.717, 1.165) is 39.3 Å². The zero-order valence-electron chi connectivity index (χ0n) is 16.4. The Morgan fingerprint density at radius 1 is 0.812 bits per heavy atom. The molecule has 2 amide bonds. The van der Waals surface area contributed by atoms with Gasteiger partial charge in [-0.05, 0) is 40.5 Å². The van der Waals surface area contributed by atoms with Crippen molar-refractivity contribution in [3.8, 4) is 0 Å². The minimum Gasteiger partial charge on any atom is -0.274 e. The van der Waals surface area contributed by atoms with Gasteiger partial charge in [0.05, 0.1) is 23.1 Å². The fraction of sp³-hybridized carbons (Fsp3) is 0.200. The minimum atomic E-state index is -4.59. The van der Waals surface area contributed by atoms with Crippen LogP contribution >= 0.6 is 11.6 Å². The molecule has 7 heteroatoms. The molecule has 32 heavy (non-hydrogen) atoms. The normalized spacial score (nSPS) is 27.9. The van der Waals surface area contributed by atoms with Crippen molar-refractivity contribution in [1.29, 1.82) is 0 Å². The Morgan fingerprint density at radius 2 is 1.41 bits per heavy atom. The molecule has 0 aromatic heterocycles. The summed E-state index contributed by atoms with van der Waals surface area (Å²) in [4.78, 5) is 26.9. The number of hydrogen-bond acceptors (Lipinski definition) is 2. The largest absolute Gasteiger partial charge is 0.416 e. The number of anilines is 1.